The maximum atomic E-state index is 13.2. The molecule has 0 aliphatic heterocycles. The SMILES string of the molecule is O=C(CN(Cc1ccc(Cl)c(Cl)c1)S(=O)(=O)c1ccc(Br)cc1)N/N=C/c1cccs1. The lowest BCUT2D eigenvalue weighted by Gasteiger charge is -2.21. The van der Waals surface area contributed by atoms with Gasteiger partial charge in [0.15, 0.2) is 0 Å². The van der Waals surface area contributed by atoms with E-state index in [1.54, 1.807) is 30.3 Å². The van der Waals surface area contributed by atoms with E-state index in [-0.39, 0.29) is 11.4 Å². The molecule has 0 aliphatic carbocycles. The fourth-order valence-electron chi connectivity index (χ4n) is 2.55. The number of benzene rings is 2. The van der Waals surface area contributed by atoms with Crippen molar-refractivity contribution in [3.8, 4) is 0 Å². The molecule has 3 rings (SSSR count). The van der Waals surface area contributed by atoms with Crippen LogP contribution in [-0.2, 0) is 21.4 Å². The summed E-state index contributed by atoms with van der Waals surface area (Å²) in [5, 5.41) is 6.42. The molecule has 31 heavy (non-hydrogen) atoms. The molecule has 0 atom stereocenters. The molecule has 162 valence electrons. The van der Waals surface area contributed by atoms with Crippen LogP contribution in [0.25, 0.3) is 0 Å². The number of carbonyl (C=O) groups excluding carboxylic acids is 1. The minimum Gasteiger partial charge on any atom is -0.272 e. The fraction of sp³-hybridized carbons (Fsp3) is 0.100. The highest BCUT2D eigenvalue weighted by Gasteiger charge is 2.27. The summed E-state index contributed by atoms with van der Waals surface area (Å²) in [5.41, 5.74) is 2.95. The lowest BCUT2D eigenvalue weighted by atomic mass is 10.2. The predicted molar refractivity (Wildman–Crippen MR) is 128 cm³/mol. The smallest absolute Gasteiger partial charge is 0.255 e. The Morgan fingerprint density at radius 2 is 1.87 bits per heavy atom. The van der Waals surface area contributed by atoms with E-state index in [4.69, 9.17) is 23.2 Å². The molecular weight excluding hydrogens is 545 g/mol. The first-order valence-corrected chi connectivity index (χ1v) is 12.7. The first-order chi connectivity index (χ1) is 14.8. The first-order valence-electron chi connectivity index (χ1n) is 8.81. The number of halogens is 3. The van der Waals surface area contributed by atoms with Crippen LogP contribution in [0.3, 0.4) is 0 Å². The number of nitrogens with one attached hydrogen (secondary N) is 1. The van der Waals surface area contributed by atoms with Crippen molar-refractivity contribution in [3.63, 3.8) is 0 Å². The van der Waals surface area contributed by atoms with Gasteiger partial charge >= 0.3 is 0 Å². The van der Waals surface area contributed by atoms with Crippen molar-refractivity contribution in [3.05, 3.63) is 84.9 Å². The molecular formula is C20H16BrCl2N3O3S2. The zero-order valence-corrected chi connectivity index (χ0v) is 20.6. The van der Waals surface area contributed by atoms with Crippen molar-refractivity contribution in [2.24, 2.45) is 5.10 Å². The Bertz CT molecular complexity index is 1180. The fourth-order valence-corrected chi connectivity index (χ4v) is 5.11. The lowest BCUT2D eigenvalue weighted by molar-refractivity contribution is -0.121. The summed E-state index contributed by atoms with van der Waals surface area (Å²) in [6.45, 7) is -0.502. The van der Waals surface area contributed by atoms with Crippen LogP contribution in [0.5, 0.6) is 0 Å². The molecule has 0 saturated carbocycles. The number of sulfonamides is 1. The number of hydrogen-bond donors (Lipinski definition) is 1. The molecule has 2 aromatic carbocycles. The topological polar surface area (TPSA) is 78.8 Å². The Balaban J connectivity index is 1.83. The van der Waals surface area contributed by atoms with Gasteiger partial charge in [-0.2, -0.15) is 9.41 Å². The maximum Gasteiger partial charge on any atom is 0.255 e. The zero-order chi connectivity index (χ0) is 22.4. The van der Waals surface area contributed by atoms with Crippen molar-refractivity contribution in [2.75, 3.05) is 6.54 Å². The highest BCUT2D eigenvalue weighted by molar-refractivity contribution is 9.10. The van der Waals surface area contributed by atoms with Crippen molar-refractivity contribution >= 4 is 72.6 Å². The molecule has 0 aliphatic rings. The first kappa shape index (κ1) is 23.9. The Kier molecular flexibility index (Phi) is 8.26. The van der Waals surface area contributed by atoms with Gasteiger partial charge in [0, 0.05) is 15.9 Å². The average molecular weight is 561 g/mol. The van der Waals surface area contributed by atoms with Crippen LogP contribution in [-0.4, -0.2) is 31.4 Å². The maximum absolute atomic E-state index is 13.2. The largest absolute Gasteiger partial charge is 0.272 e. The molecule has 0 bridgehead atoms. The zero-order valence-electron chi connectivity index (χ0n) is 15.8. The van der Waals surface area contributed by atoms with Crippen LogP contribution in [0.4, 0.5) is 0 Å². The molecule has 11 heteroatoms. The highest BCUT2D eigenvalue weighted by Crippen LogP contribution is 2.25. The summed E-state index contributed by atoms with van der Waals surface area (Å²) >= 11 is 16.8. The molecule has 1 N–H and O–H groups in total. The van der Waals surface area contributed by atoms with Gasteiger partial charge in [-0.25, -0.2) is 13.8 Å². The van der Waals surface area contributed by atoms with E-state index in [1.807, 2.05) is 17.5 Å². The summed E-state index contributed by atoms with van der Waals surface area (Å²) in [4.78, 5) is 13.4. The van der Waals surface area contributed by atoms with Crippen molar-refractivity contribution in [2.45, 2.75) is 11.4 Å². The van der Waals surface area contributed by atoms with Gasteiger partial charge in [-0.15, -0.1) is 11.3 Å². The van der Waals surface area contributed by atoms with Gasteiger partial charge in [0.25, 0.3) is 5.91 Å². The summed E-state index contributed by atoms with van der Waals surface area (Å²) in [5.74, 6) is -0.575. The Hall–Kier alpha value is -1.75. The quantitative estimate of drug-likeness (QED) is 0.305. The molecule has 0 radical (unpaired) electrons. The molecule has 6 nitrogen and oxygen atoms in total. The minimum atomic E-state index is -3.98. The molecule has 1 amide bonds. The number of hydrogen-bond acceptors (Lipinski definition) is 5. The van der Waals surface area contributed by atoms with Crippen molar-refractivity contribution in [1.29, 1.82) is 0 Å². The number of hydrazone groups is 1. The third-order valence-corrected chi connectivity index (χ3v) is 7.92. The second-order valence-corrected chi connectivity index (χ2v) is 10.9. The molecule has 3 aromatic rings. The second-order valence-electron chi connectivity index (χ2n) is 6.28. The van der Waals surface area contributed by atoms with Crippen LogP contribution in [0, 0.1) is 0 Å². The van der Waals surface area contributed by atoms with E-state index in [1.165, 1.54) is 29.7 Å². The van der Waals surface area contributed by atoms with Gasteiger partial charge in [-0.3, -0.25) is 4.79 Å². The molecule has 0 saturated heterocycles. The van der Waals surface area contributed by atoms with E-state index in [0.717, 1.165) is 13.7 Å². The molecule has 0 spiro atoms. The summed E-state index contributed by atoms with van der Waals surface area (Å²) < 4.78 is 28.3. The molecule has 1 heterocycles. The number of rotatable bonds is 8. The van der Waals surface area contributed by atoms with E-state index >= 15 is 0 Å². The monoisotopic (exact) mass is 559 g/mol. The molecule has 0 fully saturated rings. The Morgan fingerprint density at radius 1 is 1.13 bits per heavy atom. The van der Waals surface area contributed by atoms with Crippen LogP contribution >= 0.6 is 50.5 Å². The van der Waals surface area contributed by atoms with Gasteiger partial charge < -0.3 is 0 Å². The predicted octanol–water partition coefficient (Wildman–Crippen LogP) is 5.16. The highest BCUT2D eigenvalue weighted by atomic mass is 79.9. The third kappa shape index (κ3) is 6.61. The van der Waals surface area contributed by atoms with Crippen LogP contribution < -0.4 is 5.43 Å². The van der Waals surface area contributed by atoms with E-state index in [0.29, 0.717) is 15.6 Å². The number of nitrogens with zero attached hydrogens (tertiary/aromatic N) is 2. The van der Waals surface area contributed by atoms with E-state index < -0.39 is 22.5 Å². The molecule has 0 unspecified atom stereocenters. The summed E-state index contributed by atoms with van der Waals surface area (Å²) in [7, 11) is -3.98. The lowest BCUT2D eigenvalue weighted by Crippen LogP contribution is -2.39. The summed E-state index contributed by atoms with van der Waals surface area (Å²) in [6, 6.07) is 14.7. The number of thiophene rings is 1. The van der Waals surface area contributed by atoms with Gasteiger partial charge in [0.1, 0.15) is 0 Å². The average Bonchev–Trinajstić information content (AvgIpc) is 3.24. The number of carbonyl (C=O) groups is 1. The van der Waals surface area contributed by atoms with Gasteiger partial charge in [-0.1, -0.05) is 51.3 Å². The minimum absolute atomic E-state index is 0.0608. The molecule has 1 aromatic heterocycles. The van der Waals surface area contributed by atoms with Gasteiger partial charge in [0.05, 0.1) is 27.7 Å². The second kappa shape index (κ2) is 10.7. The van der Waals surface area contributed by atoms with Gasteiger partial charge in [0.2, 0.25) is 10.0 Å². The van der Waals surface area contributed by atoms with E-state index in [2.05, 4.69) is 26.5 Å². The van der Waals surface area contributed by atoms with Crippen molar-refractivity contribution < 1.29 is 13.2 Å². The van der Waals surface area contributed by atoms with Gasteiger partial charge in [-0.05, 0) is 53.4 Å². The Labute approximate surface area is 202 Å². The normalized spacial score (nSPS) is 11.9. The summed E-state index contributed by atoms with van der Waals surface area (Å²) in [6.07, 6.45) is 1.50. The van der Waals surface area contributed by atoms with Crippen LogP contribution in [0.15, 0.2) is 74.4 Å². The van der Waals surface area contributed by atoms with Crippen LogP contribution in [0.1, 0.15) is 10.4 Å². The van der Waals surface area contributed by atoms with Crippen LogP contribution in [0.2, 0.25) is 10.0 Å². The standard InChI is InChI=1S/C20H16BrCl2N3O3S2/c21-15-4-6-17(7-5-15)31(28,29)26(12-14-3-8-18(22)19(23)10-14)13-20(27)25-24-11-16-2-1-9-30-16/h1-11H,12-13H2,(H,25,27)/b24-11+. The van der Waals surface area contributed by atoms with E-state index in [9.17, 15) is 13.2 Å². The van der Waals surface area contributed by atoms with Crippen molar-refractivity contribution in [1.82, 2.24) is 9.73 Å². The third-order valence-electron chi connectivity index (χ3n) is 4.04. The number of amides is 1. The Morgan fingerprint density at radius 3 is 2.52 bits per heavy atom.